The van der Waals surface area contributed by atoms with Crippen molar-refractivity contribution in [1.82, 2.24) is 4.98 Å². The Bertz CT molecular complexity index is 726. The number of pyridine rings is 1. The molecule has 3 heterocycles. The number of aromatic nitrogens is 1. The average Bonchev–Trinajstić information content (AvgIpc) is 2.62. The normalized spacial score (nSPS) is 27.1. The maximum absolute atomic E-state index is 13.3. The highest BCUT2D eigenvalue weighted by atomic mass is 16.5. The van der Waals surface area contributed by atoms with Gasteiger partial charge < -0.3 is 9.84 Å². The van der Waals surface area contributed by atoms with E-state index in [4.69, 9.17) is 4.74 Å². The van der Waals surface area contributed by atoms with Crippen molar-refractivity contribution in [2.45, 2.75) is 31.0 Å². The summed E-state index contributed by atoms with van der Waals surface area (Å²) in [5, 5.41) is 10.9. The van der Waals surface area contributed by atoms with Crippen LogP contribution in [-0.4, -0.2) is 28.2 Å². The van der Waals surface area contributed by atoms with E-state index in [0.717, 1.165) is 18.5 Å². The molecule has 1 aromatic carbocycles. The lowest BCUT2D eigenvalue weighted by molar-refractivity contribution is -0.175. The molecule has 2 aliphatic rings. The van der Waals surface area contributed by atoms with Crippen LogP contribution in [0.25, 0.3) is 0 Å². The van der Waals surface area contributed by atoms with E-state index in [1.54, 1.807) is 17.2 Å². The van der Waals surface area contributed by atoms with Gasteiger partial charge in [-0.25, -0.2) is 4.98 Å². The van der Waals surface area contributed by atoms with Gasteiger partial charge >= 0.3 is 0 Å². The number of aliphatic hydroxyl groups excluding tert-OH is 1. The number of para-hydroxylation sites is 1. The van der Waals surface area contributed by atoms with Gasteiger partial charge in [-0.15, -0.1) is 0 Å². The molecule has 23 heavy (non-hydrogen) atoms. The van der Waals surface area contributed by atoms with E-state index in [1.807, 2.05) is 36.4 Å². The number of amides is 1. The lowest BCUT2D eigenvalue weighted by atomic mass is 9.80. The van der Waals surface area contributed by atoms with Crippen LogP contribution in [-0.2, 0) is 9.53 Å². The Kier molecular flexibility index (Phi) is 3.39. The summed E-state index contributed by atoms with van der Waals surface area (Å²) in [4.78, 5) is 19.2. The van der Waals surface area contributed by atoms with Crippen molar-refractivity contribution >= 4 is 17.4 Å². The highest BCUT2D eigenvalue weighted by Crippen LogP contribution is 2.47. The van der Waals surface area contributed by atoms with Crippen LogP contribution in [0.2, 0.25) is 0 Å². The van der Waals surface area contributed by atoms with Crippen molar-refractivity contribution in [2.24, 2.45) is 0 Å². The van der Waals surface area contributed by atoms with Crippen molar-refractivity contribution in [2.75, 3.05) is 11.5 Å². The third-order valence-electron chi connectivity index (χ3n) is 4.65. The van der Waals surface area contributed by atoms with Gasteiger partial charge in [-0.3, -0.25) is 9.69 Å². The van der Waals surface area contributed by atoms with Gasteiger partial charge in [-0.2, -0.15) is 0 Å². The summed E-state index contributed by atoms with van der Waals surface area (Å²) in [5.74, 6) is 0.248. The van der Waals surface area contributed by atoms with E-state index >= 15 is 0 Å². The molecule has 118 valence electrons. The molecule has 5 nitrogen and oxygen atoms in total. The SMILES string of the molecule is O=C1N(c2ccccc2)c2ncccc2C(O)C12CCCCO2. The second-order valence-corrected chi connectivity index (χ2v) is 5.99. The number of ether oxygens (including phenoxy) is 1. The number of rotatable bonds is 1. The summed E-state index contributed by atoms with van der Waals surface area (Å²) in [6.07, 6.45) is 2.94. The Balaban J connectivity index is 1.91. The van der Waals surface area contributed by atoms with Gasteiger partial charge in [0.25, 0.3) is 5.91 Å². The van der Waals surface area contributed by atoms with E-state index in [0.29, 0.717) is 24.4 Å². The van der Waals surface area contributed by atoms with Crippen LogP contribution in [0.3, 0.4) is 0 Å². The second kappa shape index (κ2) is 5.44. The lowest BCUT2D eigenvalue weighted by Crippen LogP contribution is -2.58. The predicted molar refractivity (Wildman–Crippen MR) is 85.3 cm³/mol. The maximum atomic E-state index is 13.3. The summed E-state index contributed by atoms with van der Waals surface area (Å²) >= 11 is 0. The van der Waals surface area contributed by atoms with Gasteiger partial charge in [0.2, 0.25) is 0 Å². The van der Waals surface area contributed by atoms with Gasteiger partial charge in [0.05, 0.1) is 5.69 Å². The molecule has 4 rings (SSSR count). The summed E-state index contributed by atoms with van der Waals surface area (Å²) in [5.41, 5.74) is 0.167. The maximum Gasteiger partial charge on any atom is 0.268 e. The molecular weight excluding hydrogens is 292 g/mol. The molecule has 0 aliphatic carbocycles. The number of aliphatic hydroxyl groups is 1. The number of benzene rings is 1. The van der Waals surface area contributed by atoms with Gasteiger partial charge in [-0.05, 0) is 37.5 Å². The number of hydrogen-bond acceptors (Lipinski definition) is 4. The fraction of sp³-hybridized carbons (Fsp3) is 0.333. The molecule has 1 aromatic heterocycles. The van der Waals surface area contributed by atoms with Crippen molar-refractivity contribution in [3.8, 4) is 0 Å². The summed E-state index contributed by atoms with van der Waals surface area (Å²) in [7, 11) is 0. The third-order valence-corrected chi connectivity index (χ3v) is 4.65. The molecule has 2 atom stereocenters. The quantitative estimate of drug-likeness (QED) is 0.879. The standard InChI is InChI=1S/C18H18N2O3/c21-15-14-9-6-11-19-16(14)20(13-7-2-1-3-8-13)17(22)18(15)10-4-5-12-23-18/h1-3,6-9,11,15,21H,4-5,10,12H2. The minimum absolute atomic E-state index is 0.234. The highest BCUT2D eigenvalue weighted by Gasteiger charge is 2.55. The van der Waals surface area contributed by atoms with Crippen LogP contribution >= 0.6 is 0 Å². The van der Waals surface area contributed by atoms with Crippen LogP contribution in [0.1, 0.15) is 30.9 Å². The Hall–Kier alpha value is -2.24. The fourth-order valence-corrected chi connectivity index (χ4v) is 3.48. The number of nitrogens with zero attached hydrogens (tertiary/aromatic N) is 2. The molecule has 1 saturated heterocycles. The zero-order chi connectivity index (χ0) is 15.9. The van der Waals surface area contributed by atoms with E-state index in [2.05, 4.69) is 4.98 Å². The lowest BCUT2D eigenvalue weighted by Gasteiger charge is -2.46. The number of hydrogen-bond donors (Lipinski definition) is 1. The van der Waals surface area contributed by atoms with Gasteiger partial charge in [0.1, 0.15) is 11.9 Å². The molecule has 2 aliphatic heterocycles. The Morgan fingerprint density at radius 3 is 2.74 bits per heavy atom. The van der Waals surface area contributed by atoms with Crippen molar-refractivity contribution < 1.29 is 14.6 Å². The second-order valence-electron chi connectivity index (χ2n) is 5.99. The van der Waals surface area contributed by atoms with Crippen molar-refractivity contribution in [3.05, 3.63) is 54.2 Å². The summed E-state index contributed by atoms with van der Waals surface area (Å²) < 4.78 is 5.87. The molecule has 5 heteroatoms. The molecule has 0 radical (unpaired) electrons. The summed E-state index contributed by atoms with van der Waals surface area (Å²) in [6.45, 7) is 0.487. The molecule has 1 spiro atoms. The minimum Gasteiger partial charge on any atom is -0.385 e. The van der Waals surface area contributed by atoms with Crippen LogP contribution in [0, 0.1) is 0 Å². The molecule has 0 saturated carbocycles. The smallest absolute Gasteiger partial charge is 0.268 e. The Labute approximate surface area is 134 Å². The van der Waals surface area contributed by atoms with E-state index in [9.17, 15) is 9.90 Å². The monoisotopic (exact) mass is 310 g/mol. The minimum atomic E-state index is -1.20. The molecule has 1 N–H and O–H groups in total. The zero-order valence-electron chi connectivity index (χ0n) is 12.7. The van der Waals surface area contributed by atoms with Crippen molar-refractivity contribution in [3.63, 3.8) is 0 Å². The molecule has 1 fully saturated rings. The van der Waals surface area contributed by atoms with Gasteiger partial charge in [0, 0.05) is 18.4 Å². The first kappa shape index (κ1) is 14.4. The van der Waals surface area contributed by atoms with Gasteiger partial charge in [-0.1, -0.05) is 24.3 Å². The molecule has 2 aromatic rings. The number of anilines is 2. The molecule has 0 bridgehead atoms. The van der Waals surface area contributed by atoms with E-state index < -0.39 is 11.7 Å². The first-order chi connectivity index (χ1) is 11.2. The first-order valence-electron chi connectivity index (χ1n) is 7.90. The van der Waals surface area contributed by atoms with E-state index in [1.165, 1.54) is 0 Å². The summed E-state index contributed by atoms with van der Waals surface area (Å²) in [6, 6.07) is 13.0. The average molecular weight is 310 g/mol. The number of fused-ring (bicyclic) bond motifs is 1. The van der Waals surface area contributed by atoms with Crippen LogP contribution in [0.5, 0.6) is 0 Å². The number of carbonyl (C=O) groups excluding carboxylic acids is 1. The Morgan fingerprint density at radius 2 is 2.00 bits per heavy atom. The first-order valence-corrected chi connectivity index (χ1v) is 7.90. The predicted octanol–water partition coefficient (Wildman–Crippen LogP) is 2.73. The van der Waals surface area contributed by atoms with Crippen molar-refractivity contribution in [1.29, 1.82) is 0 Å². The molecular formula is C18H18N2O3. The highest BCUT2D eigenvalue weighted by molar-refractivity contribution is 6.07. The third kappa shape index (κ3) is 2.08. The molecule has 2 unspecified atom stereocenters. The Morgan fingerprint density at radius 1 is 1.17 bits per heavy atom. The van der Waals surface area contributed by atoms with Crippen LogP contribution in [0.15, 0.2) is 48.7 Å². The van der Waals surface area contributed by atoms with E-state index in [-0.39, 0.29) is 5.91 Å². The topological polar surface area (TPSA) is 62.7 Å². The number of carbonyl (C=O) groups is 1. The zero-order valence-corrected chi connectivity index (χ0v) is 12.7. The molecule has 1 amide bonds. The van der Waals surface area contributed by atoms with Crippen LogP contribution in [0.4, 0.5) is 11.5 Å². The largest absolute Gasteiger partial charge is 0.385 e. The van der Waals surface area contributed by atoms with Crippen LogP contribution < -0.4 is 4.90 Å². The fourth-order valence-electron chi connectivity index (χ4n) is 3.48. The van der Waals surface area contributed by atoms with Gasteiger partial charge in [0.15, 0.2) is 5.60 Å².